The van der Waals surface area contributed by atoms with Crippen molar-refractivity contribution in [3.05, 3.63) is 24.3 Å². The number of carboxylic acid groups (broad SMARTS) is 1. The number of ether oxygens (including phenoxy) is 1. The summed E-state index contributed by atoms with van der Waals surface area (Å²) in [6.45, 7) is 0. The summed E-state index contributed by atoms with van der Waals surface area (Å²) in [5.41, 5.74) is 0.821. The Hall–Kier alpha value is -2.02. The van der Waals surface area contributed by atoms with Crippen LogP contribution in [0.4, 0.5) is 0 Å². The molecule has 0 bridgehead atoms. The zero-order chi connectivity index (χ0) is 13.0. The second-order valence-corrected chi connectivity index (χ2v) is 4.30. The zero-order valence-electron chi connectivity index (χ0n) is 9.54. The van der Waals surface area contributed by atoms with E-state index in [1.54, 1.807) is 7.11 Å². The number of carbonyl (C=O) groups is 1. The monoisotopic (exact) mass is 264 g/mol. The first-order chi connectivity index (χ1) is 8.69. The molecule has 0 saturated heterocycles. The number of thioether (sulfide) groups is 1. The van der Waals surface area contributed by atoms with Crippen molar-refractivity contribution in [1.29, 1.82) is 0 Å². The molecule has 94 valence electrons. The van der Waals surface area contributed by atoms with E-state index in [1.165, 1.54) is 0 Å². The molecule has 6 nitrogen and oxygen atoms in total. The third-order valence-corrected chi connectivity index (χ3v) is 2.95. The lowest BCUT2D eigenvalue weighted by atomic mass is 10.2. The molecule has 0 aliphatic rings. The van der Waals surface area contributed by atoms with Gasteiger partial charge in [-0.15, -0.1) is 5.10 Å². The number of hydrogen-bond donors (Lipinski definition) is 1. The molecule has 7 heteroatoms. The van der Waals surface area contributed by atoms with E-state index >= 15 is 0 Å². The molecule has 1 aromatic carbocycles. The van der Waals surface area contributed by atoms with Crippen molar-refractivity contribution in [1.82, 2.24) is 15.2 Å². The number of hydrogen-bond acceptors (Lipinski definition) is 6. The molecule has 0 unspecified atom stereocenters. The second-order valence-electron chi connectivity index (χ2n) is 3.36. The van der Waals surface area contributed by atoms with Crippen LogP contribution in [0.5, 0.6) is 5.75 Å². The van der Waals surface area contributed by atoms with E-state index in [0.29, 0.717) is 16.7 Å². The minimum atomic E-state index is -1.15. The highest BCUT2D eigenvalue weighted by Gasteiger charge is 2.06. The summed E-state index contributed by atoms with van der Waals surface area (Å²) in [6, 6.07) is 7.33. The van der Waals surface area contributed by atoms with Crippen molar-refractivity contribution >= 4 is 17.7 Å². The molecule has 0 fully saturated rings. The first-order valence-corrected chi connectivity index (χ1v) is 6.07. The Morgan fingerprint density at radius 1 is 1.56 bits per heavy atom. The van der Waals surface area contributed by atoms with E-state index in [4.69, 9.17) is 4.74 Å². The number of nitrogens with one attached hydrogen (secondary N) is 1. The second kappa shape index (κ2) is 5.54. The number of methoxy groups -OCH3 is 1. The van der Waals surface area contributed by atoms with Gasteiger partial charge in [-0.3, -0.25) is 5.10 Å². The number of aromatic amines is 1. The van der Waals surface area contributed by atoms with Gasteiger partial charge < -0.3 is 14.6 Å². The van der Waals surface area contributed by atoms with E-state index < -0.39 is 5.97 Å². The Balaban J connectivity index is 2.15. The maximum atomic E-state index is 10.3. The predicted molar refractivity (Wildman–Crippen MR) is 64.1 cm³/mol. The molecule has 0 atom stereocenters. The van der Waals surface area contributed by atoms with Gasteiger partial charge in [-0.05, 0) is 12.1 Å². The summed E-state index contributed by atoms with van der Waals surface area (Å²) in [4.78, 5) is 14.5. The fraction of sp³-hybridized carbons (Fsp3) is 0.182. The normalized spacial score (nSPS) is 10.3. The van der Waals surface area contributed by atoms with Crippen LogP contribution in [0, 0.1) is 0 Å². The van der Waals surface area contributed by atoms with E-state index in [2.05, 4.69) is 15.2 Å². The van der Waals surface area contributed by atoms with Gasteiger partial charge >= 0.3 is 0 Å². The quantitative estimate of drug-likeness (QED) is 0.782. The van der Waals surface area contributed by atoms with Crippen molar-refractivity contribution < 1.29 is 14.6 Å². The van der Waals surface area contributed by atoms with E-state index in [9.17, 15) is 9.90 Å². The highest BCUT2D eigenvalue weighted by Crippen LogP contribution is 2.22. The lowest BCUT2D eigenvalue weighted by Crippen LogP contribution is -2.24. The molecule has 0 spiro atoms. The summed E-state index contributed by atoms with van der Waals surface area (Å²) in [7, 11) is 1.58. The zero-order valence-corrected chi connectivity index (χ0v) is 10.4. The molecule has 0 amide bonds. The van der Waals surface area contributed by atoms with Gasteiger partial charge in [-0.2, -0.15) is 0 Å². The fourth-order valence-corrected chi connectivity index (χ4v) is 1.85. The van der Waals surface area contributed by atoms with Crippen molar-refractivity contribution in [2.75, 3.05) is 12.9 Å². The van der Waals surface area contributed by atoms with Gasteiger partial charge in [0.15, 0.2) is 5.82 Å². The first-order valence-electron chi connectivity index (χ1n) is 5.08. The van der Waals surface area contributed by atoms with Crippen molar-refractivity contribution in [2.24, 2.45) is 0 Å². The molecule has 0 radical (unpaired) electrons. The number of aromatic nitrogens is 3. The van der Waals surface area contributed by atoms with Gasteiger partial charge in [0.2, 0.25) is 5.16 Å². The Bertz CT molecular complexity index is 556. The Labute approximate surface area is 107 Å². The number of carbonyl (C=O) groups excluding carboxylic acids is 1. The SMILES string of the molecule is COc1cccc(-c2nc(SCC(=O)[O-])n[nH]2)c1. The number of carboxylic acids is 1. The van der Waals surface area contributed by atoms with Gasteiger partial charge in [0, 0.05) is 11.3 Å². The van der Waals surface area contributed by atoms with E-state index in [0.717, 1.165) is 17.3 Å². The molecule has 1 aromatic heterocycles. The summed E-state index contributed by atoms with van der Waals surface area (Å²) >= 11 is 1.01. The highest BCUT2D eigenvalue weighted by molar-refractivity contribution is 7.99. The van der Waals surface area contributed by atoms with Crippen molar-refractivity contribution in [3.63, 3.8) is 0 Å². The molecule has 0 aliphatic carbocycles. The molecule has 2 rings (SSSR count). The fourth-order valence-electron chi connectivity index (χ4n) is 1.33. The van der Waals surface area contributed by atoms with Crippen LogP contribution in [0.1, 0.15) is 0 Å². The van der Waals surface area contributed by atoms with Crippen LogP contribution < -0.4 is 9.84 Å². The van der Waals surface area contributed by atoms with Gasteiger partial charge in [0.05, 0.1) is 13.1 Å². The van der Waals surface area contributed by atoms with Gasteiger partial charge in [-0.25, -0.2) is 4.98 Å². The minimum Gasteiger partial charge on any atom is -0.549 e. The van der Waals surface area contributed by atoms with Crippen molar-refractivity contribution in [2.45, 2.75) is 5.16 Å². The van der Waals surface area contributed by atoms with E-state index in [1.807, 2.05) is 24.3 Å². The lowest BCUT2D eigenvalue weighted by molar-refractivity contribution is -0.301. The largest absolute Gasteiger partial charge is 0.549 e. The number of rotatable bonds is 5. The number of H-pyrrole nitrogens is 1. The molecule has 18 heavy (non-hydrogen) atoms. The Morgan fingerprint density at radius 3 is 3.11 bits per heavy atom. The van der Waals surface area contributed by atoms with Crippen LogP contribution in [-0.4, -0.2) is 34.0 Å². The molecule has 0 saturated carbocycles. The number of benzene rings is 1. The van der Waals surface area contributed by atoms with Crippen molar-refractivity contribution in [3.8, 4) is 17.1 Å². The summed E-state index contributed by atoms with van der Waals surface area (Å²) in [5, 5.41) is 17.4. The third kappa shape index (κ3) is 3.01. The summed E-state index contributed by atoms with van der Waals surface area (Å²) in [6.07, 6.45) is 0. The topological polar surface area (TPSA) is 90.9 Å². The average molecular weight is 264 g/mol. The smallest absolute Gasteiger partial charge is 0.209 e. The van der Waals surface area contributed by atoms with Crippen LogP contribution in [0.2, 0.25) is 0 Å². The van der Waals surface area contributed by atoms with Gasteiger partial charge in [0.25, 0.3) is 0 Å². The van der Waals surface area contributed by atoms with Crippen LogP contribution in [-0.2, 0) is 4.79 Å². The lowest BCUT2D eigenvalue weighted by Gasteiger charge is -2.00. The molecular formula is C11H10N3O3S-. The maximum Gasteiger partial charge on any atom is 0.209 e. The standard InChI is InChI=1S/C11H11N3O3S/c1-17-8-4-2-3-7(5-8)10-12-11(14-13-10)18-6-9(15)16/h2-5H,6H2,1H3,(H,15,16)(H,12,13,14)/p-1. The molecule has 2 aromatic rings. The Kier molecular flexibility index (Phi) is 3.83. The first kappa shape index (κ1) is 12.4. The molecule has 0 aliphatic heterocycles. The number of nitrogens with zero attached hydrogens (tertiary/aromatic N) is 2. The van der Waals surface area contributed by atoms with Gasteiger partial charge in [-0.1, -0.05) is 23.9 Å². The van der Waals surface area contributed by atoms with Crippen LogP contribution >= 0.6 is 11.8 Å². The van der Waals surface area contributed by atoms with Crippen LogP contribution in [0.25, 0.3) is 11.4 Å². The summed E-state index contributed by atoms with van der Waals surface area (Å²) in [5.74, 6) is -0.0367. The molecule has 1 N–H and O–H groups in total. The van der Waals surface area contributed by atoms with Crippen LogP contribution in [0.15, 0.2) is 29.4 Å². The van der Waals surface area contributed by atoms with Crippen LogP contribution in [0.3, 0.4) is 0 Å². The third-order valence-electron chi connectivity index (χ3n) is 2.13. The summed E-state index contributed by atoms with van der Waals surface area (Å²) < 4.78 is 5.11. The maximum absolute atomic E-state index is 10.3. The minimum absolute atomic E-state index is 0.171. The predicted octanol–water partition coefficient (Wildman–Crippen LogP) is 0.322. The molecular weight excluding hydrogens is 254 g/mol. The Morgan fingerprint density at radius 2 is 2.39 bits per heavy atom. The molecule has 1 heterocycles. The average Bonchev–Trinajstić information content (AvgIpc) is 2.85. The van der Waals surface area contributed by atoms with E-state index in [-0.39, 0.29) is 5.75 Å². The van der Waals surface area contributed by atoms with Gasteiger partial charge in [0.1, 0.15) is 5.75 Å². The highest BCUT2D eigenvalue weighted by atomic mass is 32.2. The number of aliphatic carboxylic acids is 1.